The molecule has 0 unspecified atom stereocenters. The Hall–Kier alpha value is -1.13. The average molecular weight is 465 g/mol. The first-order chi connectivity index (χ1) is 12.6. The lowest BCUT2D eigenvalue weighted by molar-refractivity contribution is -0.618. The lowest BCUT2D eigenvalue weighted by Gasteiger charge is -2.74. The standard InChI is InChI=1S/C12H6F15NO/c13-3-7(16,17)4(14)9(20,21)5(15,8(3,18)19)12(26,27)6(10(3,22)23,11(4,24)25)29-2-1-28/h1-2,28H2. The van der Waals surface area contributed by atoms with Crippen LogP contribution in [0.15, 0.2) is 0 Å². The van der Waals surface area contributed by atoms with Crippen LogP contribution in [0.4, 0.5) is 65.9 Å². The molecule has 0 amide bonds. The van der Waals surface area contributed by atoms with Gasteiger partial charge in [0, 0.05) is 6.54 Å². The van der Waals surface area contributed by atoms with E-state index in [4.69, 9.17) is 0 Å². The molecular formula is C12H6F15NO. The molecule has 4 rings (SSSR count). The van der Waals surface area contributed by atoms with Gasteiger partial charge >= 0.3 is 52.5 Å². The van der Waals surface area contributed by atoms with E-state index in [0.717, 1.165) is 0 Å². The lowest BCUT2D eigenvalue weighted by Crippen LogP contribution is -3.10. The van der Waals surface area contributed by atoms with Crippen LogP contribution in [0.25, 0.3) is 0 Å². The van der Waals surface area contributed by atoms with Crippen molar-refractivity contribution in [3.8, 4) is 0 Å². The quantitative estimate of drug-likeness (QED) is 0.646. The van der Waals surface area contributed by atoms with Crippen LogP contribution in [-0.2, 0) is 4.74 Å². The monoisotopic (exact) mass is 465 g/mol. The third kappa shape index (κ3) is 1.33. The molecular weight excluding hydrogens is 459 g/mol. The zero-order valence-corrected chi connectivity index (χ0v) is 13.1. The maximum Gasteiger partial charge on any atom is 0.339 e. The van der Waals surface area contributed by atoms with E-state index in [1.54, 1.807) is 0 Å². The number of rotatable bonds is 3. The SMILES string of the molecule is NCCOC12C(F)(F)C3(F)C(F)(F)C(F)(C(F)(F)C(F)(C3(F)F)C1(F)F)C2(F)F. The average Bonchev–Trinajstić information content (AvgIpc) is 2.55. The Morgan fingerprint density at radius 3 is 0.897 bits per heavy atom. The van der Waals surface area contributed by atoms with Gasteiger partial charge in [-0.05, 0) is 0 Å². The van der Waals surface area contributed by atoms with Crippen molar-refractivity contribution < 1.29 is 70.6 Å². The van der Waals surface area contributed by atoms with Gasteiger partial charge in [-0.25, -0.2) is 13.2 Å². The molecule has 0 aliphatic heterocycles. The number of nitrogens with two attached hydrogens (primary N) is 1. The van der Waals surface area contributed by atoms with Crippen LogP contribution in [0.3, 0.4) is 0 Å². The normalized spacial score (nSPS) is 49.2. The van der Waals surface area contributed by atoms with E-state index in [-0.39, 0.29) is 0 Å². The van der Waals surface area contributed by atoms with Gasteiger partial charge in [0.25, 0.3) is 5.60 Å². The minimum absolute atomic E-state index is 1.36. The summed E-state index contributed by atoms with van der Waals surface area (Å²) in [5.74, 6) is -45.9. The number of alkyl halides is 15. The first kappa shape index (κ1) is 22.6. The van der Waals surface area contributed by atoms with Gasteiger partial charge in [-0.15, -0.1) is 0 Å². The van der Waals surface area contributed by atoms with Crippen molar-refractivity contribution >= 4 is 0 Å². The second-order valence-electron chi connectivity index (χ2n) is 6.74. The largest absolute Gasteiger partial charge is 0.356 e. The van der Waals surface area contributed by atoms with Crippen molar-refractivity contribution in [2.45, 2.75) is 58.1 Å². The molecule has 0 atom stereocenters. The number of hydrogen-bond donors (Lipinski definition) is 1. The first-order valence-corrected chi connectivity index (χ1v) is 7.24. The van der Waals surface area contributed by atoms with Crippen molar-refractivity contribution in [2.75, 3.05) is 13.2 Å². The van der Waals surface area contributed by atoms with Crippen molar-refractivity contribution in [3.05, 3.63) is 0 Å². The topological polar surface area (TPSA) is 35.2 Å². The Bertz CT molecular complexity index is 649. The summed E-state index contributed by atoms with van der Waals surface area (Å²) in [5, 5.41) is 0. The van der Waals surface area contributed by atoms with Gasteiger partial charge in [0.05, 0.1) is 6.61 Å². The first-order valence-electron chi connectivity index (χ1n) is 7.24. The van der Waals surface area contributed by atoms with Gasteiger partial charge < -0.3 is 10.5 Å². The summed E-state index contributed by atoms with van der Waals surface area (Å²) >= 11 is 0. The van der Waals surface area contributed by atoms with E-state index in [1.165, 1.54) is 0 Å². The van der Waals surface area contributed by atoms with Crippen LogP contribution in [0.1, 0.15) is 0 Å². The van der Waals surface area contributed by atoms with Crippen molar-refractivity contribution in [1.29, 1.82) is 0 Å². The number of hydrogen-bond acceptors (Lipinski definition) is 2. The van der Waals surface area contributed by atoms with Gasteiger partial charge in [0.1, 0.15) is 0 Å². The molecule has 0 radical (unpaired) electrons. The highest BCUT2D eigenvalue weighted by Crippen LogP contribution is 2.88. The molecule has 0 heterocycles. The predicted octanol–water partition coefficient (Wildman–Crippen LogP) is 3.68. The summed E-state index contributed by atoms with van der Waals surface area (Å²) in [6, 6.07) is 0. The van der Waals surface area contributed by atoms with E-state index in [0.29, 0.717) is 0 Å². The molecule has 4 bridgehead atoms. The fourth-order valence-corrected chi connectivity index (χ4v) is 4.29. The Labute approximate surface area is 149 Å². The van der Waals surface area contributed by atoms with Gasteiger partial charge in [0.2, 0.25) is 0 Å². The summed E-state index contributed by atoms with van der Waals surface area (Å²) < 4.78 is 217. The third-order valence-corrected chi connectivity index (χ3v) is 5.66. The molecule has 0 aromatic heterocycles. The van der Waals surface area contributed by atoms with Crippen LogP contribution in [-0.4, -0.2) is 71.3 Å². The Morgan fingerprint density at radius 1 is 0.448 bits per heavy atom. The van der Waals surface area contributed by atoms with E-state index in [2.05, 4.69) is 10.5 Å². The molecule has 0 aromatic rings. The molecule has 4 saturated carbocycles. The maximum atomic E-state index is 14.6. The molecule has 29 heavy (non-hydrogen) atoms. The van der Waals surface area contributed by atoms with Crippen LogP contribution >= 0.6 is 0 Å². The van der Waals surface area contributed by atoms with E-state index < -0.39 is 71.3 Å². The smallest absolute Gasteiger partial charge is 0.339 e. The molecule has 0 spiro atoms. The highest BCUT2D eigenvalue weighted by Gasteiger charge is 3.23. The Morgan fingerprint density at radius 2 is 0.690 bits per heavy atom. The van der Waals surface area contributed by atoms with Gasteiger partial charge in [0.15, 0.2) is 0 Å². The second kappa shape index (κ2) is 4.70. The van der Waals surface area contributed by atoms with E-state index in [9.17, 15) is 65.9 Å². The highest BCUT2D eigenvalue weighted by molar-refractivity contribution is 5.54. The molecule has 4 fully saturated rings. The Balaban J connectivity index is 2.67. The molecule has 0 aromatic carbocycles. The van der Waals surface area contributed by atoms with Crippen molar-refractivity contribution in [2.24, 2.45) is 5.73 Å². The minimum atomic E-state index is -7.79. The highest BCUT2D eigenvalue weighted by atomic mass is 19.3. The van der Waals surface area contributed by atoms with Gasteiger partial charge in [-0.3, -0.25) is 0 Å². The summed E-state index contributed by atoms with van der Waals surface area (Å²) in [6.07, 6.45) is 0. The molecule has 2 N–H and O–H groups in total. The summed E-state index contributed by atoms with van der Waals surface area (Å²) in [7, 11) is 0. The predicted molar refractivity (Wildman–Crippen MR) is 58.9 cm³/mol. The zero-order valence-electron chi connectivity index (χ0n) is 13.1. The second-order valence-corrected chi connectivity index (χ2v) is 6.74. The molecule has 17 heteroatoms. The van der Waals surface area contributed by atoms with Crippen LogP contribution in [0.2, 0.25) is 0 Å². The number of ether oxygens (including phenoxy) is 1. The van der Waals surface area contributed by atoms with E-state index in [1.807, 2.05) is 0 Å². The fraction of sp³-hybridized carbons (Fsp3) is 1.00. The van der Waals surface area contributed by atoms with Crippen LogP contribution in [0.5, 0.6) is 0 Å². The Kier molecular flexibility index (Phi) is 3.65. The summed E-state index contributed by atoms with van der Waals surface area (Å²) in [5.41, 5.74) is -25.1. The zero-order chi connectivity index (χ0) is 23.1. The van der Waals surface area contributed by atoms with Crippen LogP contribution < -0.4 is 5.73 Å². The molecule has 4 aliphatic carbocycles. The van der Waals surface area contributed by atoms with Gasteiger partial charge in [-0.2, -0.15) is 52.7 Å². The fourth-order valence-electron chi connectivity index (χ4n) is 4.29. The maximum absolute atomic E-state index is 14.6. The molecule has 0 saturated heterocycles. The van der Waals surface area contributed by atoms with Crippen molar-refractivity contribution in [3.63, 3.8) is 0 Å². The lowest BCUT2D eigenvalue weighted by atomic mass is 9.40. The van der Waals surface area contributed by atoms with Gasteiger partial charge in [-0.1, -0.05) is 0 Å². The molecule has 4 aliphatic rings. The summed E-state index contributed by atoms with van der Waals surface area (Å²) in [4.78, 5) is 0. The molecule has 2 nitrogen and oxygen atoms in total. The third-order valence-electron chi connectivity index (χ3n) is 5.66. The van der Waals surface area contributed by atoms with Crippen molar-refractivity contribution in [1.82, 2.24) is 0 Å². The molecule has 170 valence electrons. The summed E-state index contributed by atoms with van der Waals surface area (Å²) in [6.45, 7) is -3.41. The number of halogens is 15. The van der Waals surface area contributed by atoms with Crippen LogP contribution in [0, 0.1) is 0 Å². The van der Waals surface area contributed by atoms with E-state index >= 15 is 0 Å². The minimum Gasteiger partial charge on any atom is -0.356 e.